The molecular weight excluding hydrogens is 304 g/mol. The van der Waals surface area contributed by atoms with Gasteiger partial charge in [0.1, 0.15) is 6.10 Å². The van der Waals surface area contributed by atoms with Gasteiger partial charge in [0.2, 0.25) is 11.7 Å². The fourth-order valence-electron chi connectivity index (χ4n) is 3.21. The lowest BCUT2D eigenvalue weighted by atomic mass is 9.75. The Bertz CT molecular complexity index is 411. The lowest BCUT2D eigenvalue weighted by Crippen LogP contribution is -2.38. The maximum Gasteiger partial charge on any atom is 0.346 e. The number of thioether (sulfide) groups is 1. The van der Waals surface area contributed by atoms with E-state index in [1.807, 2.05) is 0 Å². The Hall–Kier alpha value is -0.750. The number of hydrogen-bond acceptors (Lipinski definition) is 6. The molecule has 0 radical (unpaired) electrons. The molecule has 0 bridgehead atoms. The molecule has 1 saturated heterocycles. The van der Waals surface area contributed by atoms with Crippen molar-refractivity contribution in [2.24, 2.45) is 17.8 Å². The van der Waals surface area contributed by atoms with Crippen LogP contribution in [0.4, 0.5) is 0 Å². The Morgan fingerprint density at radius 2 is 1.95 bits per heavy atom. The number of esters is 2. The molecule has 6 heteroatoms. The molecule has 1 aliphatic carbocycles. The van der Waals surface area contributed by atoms with Crippen molar-refractivity contribution in [3.05, 3.63) is 0 Å². The Labute approximate surface area is 136 Å². The van der Waals surface area contributed by atoms with Gasteiger partial charge in [-0.25, -0.2) is 4.79 Å². The molecule has 0 amide bonds. The molecule has 0 spiro atoms. The first kappa shape index (κ1) is 17.6. The Morgan fingerprint density at radius 1 is 1.23 bits per heavy atom. The van der Waals surface area contributed by atoms with E-state index >= 15 is 0 Å². The highest BCUT2D eigenvalue weighted by atomic mass is 32.2. The molecule has 5 nitrogen and oxygen atoms in total. The summed E-state index contributed by atoms with van der Waals surface area (Å²) < 4.78 is 16.2. The zero-order valence-corrected chi connectivity index (χ0v) is 14.6. The summed E-state index contributed by atoms with van der Waals surface area (Å²) in [6, 6.07) is 0. The standard InChI is InChI=1S/C16H26O5S/c1-9(2)12-6-5-10(3)7-13(12)20-15(18)16-21-14(8-22-16)19-11(4)17/h9-10,12-14,16H,5-8H2,1-4H3/t10-,12?,13-,14+,16-/m1/s1. The molecule has 22 heavy (non-hydrogen) atoms. The zero-order valence-electron chi connectivity index (χ0n) is 13.7. The van der Waals surface area contributed by atoms with Gasteiger partial charge in [-0.05, 0) is 30.6 Å². The van der Waals surface area contributed by atoms with Gasteiger partial charge >= 0.3 is 11.9 Å². The van der Waals surface area contributed by atoms with Crippen LogP contribution in [-0.2, 0) is 23.8 Å². The van der Waals surface area contributed by atoms with Crippen molar-refractivity contribution >= 4 is 23.7 Å². The lowest BCUT2D eigenvalue weighted by Gasteiger charge is -2.37. The minimum atomic E-state index is -0.686. The van der Waals surface area contributed by atoms with Crippen LogP contribution in [0.5, 0.6) is 0 Å². The van der Waals surface area contributed by atoms with E-state index in [1.165, 1.54) is 25.1 Å². The first-order chi connectivity index (χ1) is 10.4. The van der Waals surface area contributed by atoms with E-state index in [2.05, 4.69) is 20.8 Å². The molecule has 2 aliphatic rings. The summed E-state index contributed by atoms with van der Waals surface area (Å²) in [5.41, 5.74) is -0.686. The van der Waals surface area contributed by atoms with Crippen molar-refractivity contribution in [2.75, 3.05) is 5.75 Å². The minimum absolute atomic E-state index is 0.0341. The zero-order chi connectivity index (χ0) is 16.3. The van der Waals surface area contributed by atoms with Gasteiger partial charge in [0.25, 0.3) is 0 Å². The van der Waals surface area contributed by atoms with Crippen LogP contribution >= 0.6 is 11.8 Å². The Morgan fingerprint density at radius 3 is 2.59 bits per heavy atom. The van der Waals surface area contributed by atoms with E-state index in [9.17, 15) is 9.59 Å². The fraction of sp³-hybridized carbons (Fsp3) is 0.875. The SMILES string of the molecule is CC(=O)O[C@@H]1CS[C@H](C(=O)O[C@@H]2C[C@H](C)CCC2C(C)C)O1. The molecule has 1 saturated carbocycles. The maximum absolute atomic E-state index is 12.3. The molecule has 1 unspecified atom stereocenters. The number of hydrogen-bond donors (Lipinski definition) is 0. The van der Waals surface area contributed by atoms with Crippen LogP contribution in [0, 0.1) is 17.8 Å². The van der Waals surface area contributed by atoms with E-state index < -0.39 is 17.7 Å². The van der Waals surface area contributed by atoms with Crippen molar-refractivity contribution in [1.29, 1.82) is 0 Å². The molecule has 0 aromatic heterocycles. The second-order valence-corrected chi connectivity index (χ2v) is 7.74. The summed E-state index contributed by atoms with van der Waals surface area (Å²) in [5, 5.41) is 0. The number of rotatable bonds is 4. The summed E-state index contributed by atoms with van der Waals surface area (Å²) in [5.74, 6) is 1.21. The highest BCUT2D eigenvalue weighted by Gasteiger charge is 2.39. The molecule has 0 N–H and O–H groups in total. The second-order valence-electron chi connectivity index (χ2n) is 6.64. The van der Waals surface area contributed by atoms with Crippen LogP contribution < -0.4 is 0 Å². The summed E-state index contributed by atoms with van der Waals surface area (Å²) in [7, 11) is 0. The van der Waals surface area contributed by atoms with E-state index in [-0.39, 0.29) is 12.1 Å². The van der Waals surface area contributed by atoms with Gasteiger partial charge in [-0.3, -0.25) is 4.79 Å². The molecule has 1 aliphatic heterocycles. The van der Waals surface area contributed by atoms with Gasteiger partial charge < -0.3 is 14.2 Å². The quantitative estimate of drug-likeness (QED) is 0.739. The molecule has 2 rings (SSSR count). The Kier molecular flexibility index (Phi) is 6.15. The third-order valence-electron chi connectivity index (χ3n) is 4.38. The van der Waals surface area contributed by atoms with E-state index in [4.69, 9.17) is 14.2 Å². The average molecular weight is 330 g/mol. The summed E-state index contributed by atoms with van der Waals surface area (Å²) in [4.78, 5) is 23.2. The second kappa shape index (κ2) is 7.68. The van der Waals surface area contributed by atoms with Crippen molar-refractivity contribution in [2.45, 2.75) is 64.8 Å². The highest BCUT2D eigenvalue weighted by molar-refractivity contribution is 8.00. The first-order valence-electron chi connectivity index (χ1n) is 8.01. The number of carbonyl (C=O) groups is 2. The van der Waals surface area contributed by atoms with Gasteiger partial charge in [-0.1, -0.05) is 27.2 Å². The van der Waals surface area contributed by atoms with Crippen LogP contribution in [0.25, 0.3) is 0 Å². The molecule has 2 fully saturated rings. The highest BCUT2D eigenvalue weighted by Crippen LogP contribution is 2.36. The van der Waals surface area contributed by atoms with Crippen LogP contribution in [0.2, 0.25) is 0 Å². The van der Waals surface area contributed by atoms with E-state index in [0.717, 1.165) is 12.8 Å². The summed E-state index contributed by atoms with van der Waals surface area (Å²) >= 11 is 1.33. The van der Waals surface area contributed by atoms with Crippen LogP contribution in [0.1, 0.15) is 47.0 Å². The van der Waals surface area contributed by atoms with Crippen LogP contribution in [0.15, 0.2) is 0 Å². The molecular formula is C16H26O5S. The third-order valence-corrected chi connectivity index (χ3v) is 5.45. The van der Waals surface area contributed by atoms with Crippen LogP contribution in [0.3, 0.4) is 0 Å². The van der Waals surface area contributed by atoms with Crippen molar-refractivity contribution in [1.82, 2.24) is 0 Å². The van der Waals surface area contributed by atoms with Gasteiger partial charge in [-0.15, -0.1) is 11.8 Å². The van der Waals surface area contributed by atoms with Crippen molar-refractivity contribution in [3.63, 3.8) is 0 Å². The third kappa shape index (κ3) is 4.62. The predicted molar refractivity (Wildman–Crippen MR) is 84.1 cm³/mol. The van der Waals surface area contributed by atoms with Crippen LogP contribution in [-0.4, -0.2) is 35.5 Å². The lowest BCUT2D eigenvalue weighted by molar-refractivity contribution is -0.185. The first-order valence-corrected chi connectivity index (χ1v) is 9.06. The fourth-order valence-corrected chi connectivity index (χ4v) is 4.08. The topological polar surface area (TPSA) is 61.8 Å². The minimum Gasteiger partial charge on any atom is -0.459 e. The molecule has 1 heterocycles. The number of ether oxygens (including phenoxy) is 3. The van der Waals surface area contributed by atoms with Gasteiger partial charge in [-0.2, -0.15) is 0 Å². The predicted octanol–water partition coefficient (Wildman–Crippen LogP) is 2.97. The normalized spacial score (nSPS) is 35.4. The summed E-state index contributed by atoms with van der Waals surface area (Å²) in [6.07, 6.45) is 2.53. The Balaban J connectivity index is 1.88. The van der Waals surface area contributed by atoms with Gasteiger partial charge in [0.05, 0.1) is 5.75 Å². The van der Waals surface area contributed by atoms with E-state index in [0.29, 0.717) is 23.5 Å². The van der Waals surface area contributed by atoms with Crippen molar-refractivity contribution in [3.8, 4) is 0 Å². The summed E-state index contributed by atoms with van der Waals surface area (Å²) in [6.45, 7) is 7.89. The average Bonchev–Trinajstić information content (AvgIpc) is 2.86. The monoisotopic (exact) mass is 330 g/mol. The maximum atomic E-state index is 12.3. The molecule has 0 aromatic rings. The van der Waals surface area contributed by atoms with Gasteiger partial charge in [0.15, 0.2) is 0 Å². The molecule has 0 aromatic carbocycles. The van der Waals surface area contributed by atoms with E-state index in [1.54, 1.807) is 0 Å². The number of carbonyl (C=O) groups excluding carboxylic acids is 2. The smallest absolute Gasteiger partial charge is 0.346 e. The molecule has 5 atom stereocenters. The van der Waals surface area contributed by atoms with Gasteiger partial charge in [0, 0.05) is 6.92 Å². The largest absolute Gasteiger partial charge is 0.459 e. The van der Waals surface area contributed by atoms with Crippen molar-refractivity contribution < 1.29 is 23.8 Å². The molecule has 126 valence electrons.